The quantitative estimate of drug-likeness (QED) is 0.117. The number of nitrogens with two attached hydrogens (primary N) is 1. The third kappa shape index (κ3) is 5.52. The number of thiol groups is 1. The van der Waals surface area contributed by atoms with Crippen LogP contribution in [0.5, 0.6) is 0 Å². The second-order valence-electron chi connectivity index (χ2n) is 10.2. The van der Waals surface area contributed by atoms with Crippen molar-refractivity contribution in [2.24, 2.45) is 0 Å². The number of anilines is 1. The number of halogens is 1. The molecule has 3 aliphatic heterocycles. The van der Waals surface area contributed by atoms with Crippen LogP contribution in [0.2, 0.25) is 0 Å². The number of ether oxygens (including phenoxy) is 2. The van der Waals surface area contributed by atoms with E-state index in [9.17, 15) is 28.9 Å². The monoisotopic (exact) mass is 708 g/mol. The van der Waals surface area contributed by atoms with E-state index in [1.54, 1.807) is 0 Å². The molecule has 4 aromatic heterocycles. The van der Waals surface area contributed by atoms with Crippen molar-refractivity contribution in [1.29, 1.82) is 0 Å². The molecule has 242 valence electrons. The van der Waals surface area contributed by atoms with E-state index in [0.717, 1.165) is 17.1 Å². The third-order valence-electron chi connectivity index (χ3n) is 7.44. The number of aromatic nitrogens is 7. The fourth-order valence-electron chi connectivity index (χ4n) is 5.41. The third-order valence-corrected chi connectivity index (χ3v) is 10.6. The average molecular weight is 709 g/mol. The number of nitrogens with zero attached hydrogens (tertiary/aromatic N) is 6. The lowest BCUT2D eigenvalue weighted by Crippen LogP contribution is -2.36. The van der Waals surface area contributed by atoms with E-state index in [-0.39, 0.29) is 22.6 Å². The zero-order chi connectivity index (χ0) is 31.8. The summed E-state index contributed by atoms with van der Waals surface area (Å²) < 4.78 is 64.7. The standard InChI is InChI=1S/C21H23FN8O11P2S2/c22-7-1-29(17-10(7)19(33)27-5-25-17)21-15-12(31)8(38-21)2-36-42(34,44)40-14-9(3-37-43(35,45)41-15)39-20(13(14)32)30-6-28-11-16(23)24-4-26-18(11)30/h1,4-6,8-9,12-15,20-21,31-32H,2-3H2,(H,34,44)(H,35,45)(H2,23,24,26)(H,25,27,33)/t8?,9?,12-,13-,14-,15-,20-,21-,42?,43?/m1/s1. The van der Waals surface area contributed by atoms with Crippen LogP contribution in [0.25, 0.3) is 22.2 Å². The van der Waals surface area contributed by atoms with Gasteiger partial charge >= 0.3 is 13.5 Å². The van der Waals surface area contributed by atoms with Crippen LogP contribution in [0.4, 0.5) is 10.2 Å². The maximum Gasteiger partial charge on any atom is 0.386 e. The minimum absolute atomic E-state index is 0.0790. The predicted molar refractivity (Wildman–Crippen MR) is 155 cm³/mol. The van der Waals surface area contributed by atoms with Gasteiger partial charge in [-0.05, 0) is 11.8 Å². The first-order chi connectivity index (χ1) is 21.3. The van der Waals surface area contributed by atoms with E-state index in [2.05, 4.69) is 37.2 Å². The van der Waals surface area contributed by atoms with Crippen LogP contribution in [-0.4, -0.2) is 99.0 Å². The zero-order valence-corrected chi connectivity index (χ0v) is 25.8. The molecule has 0 amide bonds. The van der Waals surface area contributed by atoms with Crippen molar-refractivity contribution in [2.45, 2.75) is 49.1 Å². The van der Waals surface area contributed by atoms with Gasteiger partial charge in [-0.1, -0.05) is 12.2 Å². The molecule has 4 unspecified atom stereocenters. The van der Waals surface area contributed by atoms with Crippen LogP contribution < -0.4 is 11.3 Å². The van der Waals surface area contributed by atoms with Crippen LogP contribution in [0.1, 0.15) is 12.5 Å². The number of fused-ring (bicyclic) bond motifs is 5. The number of nitrogens with one attached hydrogen (secondary N) is 1. The summed E-state index contributed by atoms with van der Waals surface area (Å²) in [5.74, 6) is -0.870. The normalized spacial score (nSPS) is 37.7. The van der Waals surface area contributed by atoms with E-state index in [1.165, 1.54) is 17.2 Å². The summed E-state index contributed by atoms with van der Waals surface area (Å²) in [6.07, 6.45) is -6.96. The van der Waals surface area contributed by atoms with Gasteiger partial charge in [0.25, 0.3) is 5.56 Å². The molecule has 7 heterocycles. The maximum absolute atomic E-state index is 14.8. The summed E-state index contributed by atoms with van der Waals surface area (Å²) in [6, 6.07) is 0. The Morgan fingerprint density at radius 2 is 1.78 bits per heavy atom. The molecule has 6 N–H and O–H groups in total. The number of hydrogen-bond acceptors (Lipinski definition) is 16. The van der Waals surface area contributed by atoms with Crippen molar-refractivity contribution in [3.63, 3.8) is 0 Å². The molecule has 3 saturated heterocycles. The van der Waals surface area contributed by atoms with Crippen molar-refractivity contribution < 1.29 is 51.6 Å². The molecule has 3 aliphatic rings. The van der Waals surface area contributed by atoms with Gasteiger partial charge in [-0.2, -0.15) is 0 Å². The molecular weight excluding hydrogens is 685 g/mol. The van der Waals surface area contributed by atoms with Crippen molar-refractivity contribution in [3.8, 4) is 0 Å². The van der Waals surface area contributed by atoms with Crippen LogP contribution in [0.15, 0.2) is 30.0 Å². The Labute approximate surface area is 260 Å². The number of aromatic amines is 1. The first-order valence-corrected chi connectivity index (χ1v) is 18.3. The van der Waals surface area contributed by atoms with E-state index in [1.807, 2.05) is 0 Å². The molecule has 7 rings (SSSR count). The highest BCUT2D eigenvalue weighted by Crippen LogP contribution is 2.58. The summed E-state index contributed by atoms with van der Waals surface area (Å²) in [7, 11) is 0. The number of aliphatic hydroxyl groups is 2. The molecule has 0 spiro atoms. The molecule has 0 aromatic carbocycles. The fourth-order valence-corrected chi connectivity index (χ4v) is 8.31. The smallest absolute Gasteiger partial charge is 0.386 e. The zero-order valence-electron chi connectivity index (χ0n) is 22.3. The molecular formula is C21H23FN8O11P2S2. The molecule has 2 bridgehead atoms. The van der Waals surface area contributed by atoms with Crippen LogP contribution >= 0.6 is 25.8 Å². The Bertz CT molecular complexity index is 1950. The van der Waals surface area contributed by atoms with Crippen molar-refractivity contribution >= 4 is 65.6 Å². The Kier molecular flexibility index (Phi) is 7.88. The van der Waals surface area contributed by atoms with Gasteiger partial charge in [0.1, 0.15) is 53.9 Å². The average Bonchev–Trinajstić information content (AvgIpc) is 3.71. The number of H-pyrrole nitrogens is 1. The first kappa shape index (κ1) is 31.2. The minimum Gasteiger partial charge on any atom is -0.387 e. The van der Waals surface area contributed by atoms with Gasteiger partial charge in [-0.25, -0.2) is 28.9 Å². The van der Waals surface area contributed by atoms with Gasteiger partial charge in [0.2, 0.25) is 0 Å². The second kappa shape index (κ2) is 11.4. The number of rotatable bonds is 2. The number of imidazole rings is 1. The highest BCUT2D eigenvalue weighted by atomic mass is 32.7. The molecule has 19 nitrogen and oxygen atoms in total. The summed E-state index contributed by atoms with van der Waals surface area (Å²) in [5.41, 5.74) is 5.37. The van der Waals surface area contributed by atoms with Crippen LogP contribution in [-0.2, 0) is 43.9 Å². The van der Waals surface area contributed by atoms with Gasteiger partial charge in [0.05, 0.1) is 25.9 Å². The molecule has 0 aliphatic carbocycles. The topological polar surface area (TPSA) is 253 Å². The SMILES string of the molecule is Nc1ncnc2c1ncn2[C@@H]1OC2COP(O)(=S)O[C@@H]3[C@H](O)C(COP(=O)(S)O[C@H]2[C@H]1O)O[C@H]3n1cc(F)c2c(=O)[nH]cnc21. The van der Waals surface area contributed by atoms with Gasteiger partial charge < -0.3 is 44.4 Å². The van der Waals surface area contributed by atoms with Gasteiger partial charge in [-0.15, -0.1) is 0 Å². The summed E-state index contributed by atoms with van der Waals surface area (Å²) >= 11 is 9.25. The summed E-state index contributed by atoms with van der Waals surface area (Å²) in [5, 5.41) is 22.0. The lowest BCUT2D eigenvalue weighted by Gasteiger charge is -2.27. The van der Waals surface area contributed by atoms with Crippen molar-refractivity contribution in [2.75, 3.05) is 18.9 Å². The van der Waals surface area contributed by atoms with Crippen LogP contribution in [0, 0.1) is 5.82 Å². The van der Waals surface area contributed by atoms with Crippen molar-refractivity contribution in [1.82, 2.24) is 34.1 Å². The second-order valence-corrected chi connectivity index (χ2v) is 15.8. The van der Waals surface area contributed by atoms with Crippen LogP contribution in [0.3, 0.4) is 0 Å². The fraction of sp³-hybridized carbons (Fsp3) is 0.476. The number of aliphatic hydroxyl groups excluding tert-OH is 2. The molecule has 24 heteroatoms. The number of hydrogen-bond donors (Lipinski definition) is 6. The lowest BCUT2D eigenvalue weighted by atomic mass is 10.1. The first-order valence-electron chi connectivity index (χ1n) is 13.0. The maximum atomic E-state index is 14.8. The summed E-state index contributed by atoms with van der Waals surface area (Å²) in [6.45, 7) is -9.84. The van der Waals surface area contributed by atoms with E-state index in [0.29, 0.717) is 0 Å². The van der Waals surface area contributed by atoms with Crippen molar-refractivity contribution in [3.05, 3.63) is 41.3 Å². The van der Waals surface area contributed by atoms with Gasteiger partial charge in [-0.3, -0.25) is 22.9 Å². The van der Waals surface area contributed by atoms with Gasteiger partial charge in [0.15, 0.2) is 35.4 Å². The molecule has 10 atom stereocenters. The predicted octanol–water partition coefficient (Wildman–Crippen LogP) is -0.126. The largest absolute Gasteiger partial charge is 0.387 e. The Balaban J connectivity index is 1.21. The Morgan fingerprint density at radius 3 is 2.58 bits per heavy atom. The number of nitrogen functional groups attached to an aromatic ring is 1. The van der Waals surface area contributed by atoms with E-state index >= 15 is 0 Å². The molecule has 4 aromatic rings. The highest BCUT2D eigenvalue weighted by molar-refractivity contribution is 8.44. The van der Waals surface area contributed by atoms with Gasteiger partial charge in [0, 0.05) is 6.20 Å². The Hall–Kier alpha value is -2.43. The Morgan fingerprint density at radius 1 is 1.02 bits per heavy atom. The molecule has 0 saturated carbocycles. The highest BCUT2D eigenvalue weighted by Gasteiger charge is 2.53. The summed E-state index contributed by atoms with van der Waals surface area (Å²) in [4.78, 5) is 41.7. The van der Waals surface area contributed by atoms with E-state index in [4.69, 9.17) is 45.1 Å². The molecule has 3 fully saturated rings. The van der Waals surface area contributed by atoms with E-state index < -0.39 is 92.6 Å². The minimum atomic E-state index is -4.35. The lowest BCUT2D eigenvalue weighted by molar-refractivity contribution is -0.0594. The molecule has 0 radical (unpaired) electrons. The molecule has 45 heavy (non-hydrogen) atoms.